The fourth-order valence-corrected chi connectivity index (χ4v) is 2.88. The lowest BCUT2D eigenvalue weighted by Crippen LogP contribution is -2.44. The van der Waals surface area contributed by atoms with E-state index in [2.05, 4.69) is 5.10 Å². The maximum atomic E-state index is 14.3. The van der Waals surface area contributed by atoms with Crippen LogP contribution in [0.5, 0.6) is 0 Å². The fourth-order valence-electron chi connectivity index (χ4n) is 2.88. The second-order valence-electron chi connectivity index (χ2n) is 6.17. The predicted octanol–water partition coefficient (Wildman–Crippen LogP) is 4.38. The van der Waals surface area contributed by atoms with E-state index in [1.165, 1.54) is 10.7 Å². The molecule has 0 unspecified atom stereocenters. The lowest BCUT2D eigenvalue weighted by Gasteiger charge is -2.30. The SMILES string of the molecule is CC=CCc1c(F)ccc2cnn(C(=O)N(C(C)C)C(C)C)c12. The first-order chi connectivity index (χ1) is 10.9. The average molecular weight is 317 g/mol. The molecule has 0 fully saturated rings. The highest BCUT2D eigenvalue weighted by molar-refractivity contribution is 5.92. The van der Waals surface area contributed by atoms with E-state index in [1.807, 2.05) is 46.8 Å². The Kier molecular flexibility index (Phi) is 5.19. The third kappa shape index (κ3) is 3.28. The molecule has 0 bridgehead atoms. The first-order valence-electron chi connectivity index (χ1n) is 7.97. The number of allylic oxidation sites excluding steroid dienone is 2. The molecule has 5 heteroatoms. The van der Waals surface area contributed by atoms with Crippen LogP contribution in [0.25, 0.3) is 10.9 Å². The van der Waals surface area contributed by atoms with Gasteiger partial charge in [-0.25, -0.2) is 9.18 Å². The largest absolute Gasteiger partial charge is 0.345 e. The number of carbonyl (C=O) groups is 1. The number of rotatable bonds is 4. The van der Waals surface area contributed by atoms with Gasteiger partial charge in [-0.05, 0) is 53.2 Å². The number of benzene rings is 1. The molecule has 0 aliphatic heterocycles. The van der Waals surface area contributed by atoms with Crippen LogP contribution in [0.2, 0.25) is 0 Å². The predicted molar refractivity (Wildman–Crippen MR) is 91.1 cm³/mol. The Morgan fingerprint density at radius 2 is 1.96 bits per heavy atom. The Morgan fingerprint density at radius 1 is 1.30 bits per heavy atom. The van der Waals surface area contributed by atoms with E-state index >= 15 is 0 Å². The van der Waals surface area contributed by atoms with E-state index in [9.17, 15) is 9.18 Å². The van der Waals surface area contributed by atoms with Crippen molar-refractivity contribution in [1.82, 2.24) is 14.7 Å². The Morgan fingerprint density at radius 3 is 2.52 bits per heavy atom. The second-order valence-corrected chi connectivity index (χ2v) is 6.17. The molecular formula is C18H24FN3O. The highest BCUT2D eigenvalue weighted by Gasteiger charge is 2.25. The highest BCUT2D eigenvalue weighted by atomic mass is 19.1. The van der Waals surface area contributed by atoms with Crippen LogP contribution < -0.4 is 0 Å². The summed E-state index contributed by atoms with van der Waals surface area (Å²) in [7, 11) is 0. The number of aromatic nitrogens is 2. The first-order valence-corrected chi connectivity index (χ1v) is 7.97. The van der Waals surface area contributed by atoms with Gasteiger partial charge in [0, 0.05) is 23.0 Å². The fraction of sp³-hybridized carbons (Fsp3) is 0.444. The summed E-state index contributed by atoms with van der Waals surface area (Å²) < 4.78 is 15.6. The number of amides is 1. The van der Waals surface area contributed by atoms with Gasteiger partial charge in [-0.3, -0.25) is 0 Å². The lowest BCUT2D eigenvalue weighted by molar-refractivity contribution is 0.164. The van der Waals surface area contributed by atoms with E-state index < -0.39 is 0 Å². The average Bonchev–Trinajstić information content (AvgIpc) is 2.89. The minimum atomic E-state index is -0.314. The van der Waals surface area contributed by atoms with Gasteiger partial charge in [0.1, 0.15) is 5.82 Å². The van der Waals surface area contributed by atoms with Crippen LogP contribution >= 0.6 is 0 Å². The molecule has 0 saturated heterocycles. The molecule has 0 spiro atoms. The normalized spacial score (nSPS) is 12.0. The number of nitrogens with zero attached hydrogens (tertiary/aromatic N) is 3. The highest BCUT2D eigenvalue weighted by Crippen LogP contribution is 2.24. The van der Waals surface area contributed by atoms with Gasteiger partial charge < -0.3 is 4.90 Å². The van der Waals surface area contributed by atoms with E-state index in [-0.39, 0.29) is 23.9 Å². The zero-order valence-electron chi connectivity index (χ0n) is 14.4. The molecule has 23 heavy (non-hydrogen) atoms. The summed E-state index contributed by atoms with van der Waals surface area (Å²) in [5, 5.41) is 5.00. The number of fused-ring (bicyclic) bond motifs is 1. The number of halogens is 1. The molecule has 124 valence electrons. The van der Waals surface area contributed by atoms with Crippen molar-refractivity contribution < 1.29 is 9.18 Å². The molecule has 0 aliphatic rings. The number of hydrogen-bond acceptors (Lipinski definition) is 2. The van der Waals surface area contributed by atoms with Crippen molar-refractivity contribution in [2.24, 2.45) is 0 Å². The summed E-state index contributed by atoms with van der Waals surface area (Å²) in [4.78, 5) is 14.7. The van der Waals surface area contributed by atoms with Crippen LogP contribution in [-0.2, 0) is 6.42 Å². The van der Waals surface area contributed by atoms with Crippen molar-refractivity contribution >= 4 is 16.9 Å². The van der Waals surface area contributed by atoms with E-state index in [4.69, 9.17) is 0 Å². The Hall–Kier alpha value is -2.17. The molecule has 1 aromatic heterocycles. The summed E-state index contributed by atoms with van der Waals surface area (Å²) in [6, 6.07) is 2.94. The van der Waals surface area contributed by atoms with Crippen LogP contribution in [0, 0.1) is 5.82 Å². The van der Waals surface area contributed by atoms with E-state index in [0.717, 1.165) is 5.39 Å². The molecule has 1 aromatic carbocycles. The Bertz CT molecular complexity index is 723. The molecule has 0 N–H and O–H groups in total. The van der Waals surface area contributed by atoms with Gasteiger partial charge in [-0.15, -0.1) is 0 Å². The lowest BCUT2D eigenvalue weighted by atomic mass is 10.1. The van der Waals surface area contributed by atoms with Gasteiger partial charge in [0.25, 0.3) is 0 Å². The van der Waals surface area contributed by atoms with Gasteiger partial charge in [0.2, 0.25) is 0 Å². The smallest absolute Gasteiger partial charge is 0.318 e. The van der Waals surface area contributed by atoms with E-state index in [1.54, 1.807) is 17.2 Å². The number of hydrogen-bond donors (Lipinski definition) is 0. The Labute approximate surface area is 136 Å². The van der Waals surface area contributed by atoms with Crippen molar-refractivity contribution in [3.63, 3.8) is 0 Å². The standard InChI is InChI=1S/C18H24FN3O/c1-6-7-8-15-16(19)10-9-14-11-20-22(17(14)15)18(23)21(12(2)3)13(4)5/h6-7,9-13H,8H2,1-5H3. The molecule has 1 heterocycles. The summed E-state index contributed by atoms with van der Waals surface area (Å²) >= 11 is 0. The zero-order valence-corrected chi connectivity index (χ0v) is 14.4. The van der Waals surface area contributed by atoms with Crippen LogP contribution in [-0.4, -0.2) is 32.8 Å². The molecule has 2 aromatic rings. The first kappa shape index (κ1) is 17.2. The van der Waals surface area contributed by atoms with Crippen molar-refractivity contribution in [2.45, 2.75) is 53.1 Å². The van der Waals surface area contributed by atoms with Crippen molar-refractivity contribution in [3.8, 4) is 0 Å². The van der Waals surface area contributed by atoms with Gasteiger partial charge in [-0.1, -0.05) is 12.2 Å². The quantitative estimate of drug-likeness (QED) is 0.785. The monoisotopic (exact) mass is 317 g/mol. The maximum Gasteiger partial charge on any atom is 0.345 e. The molecular weight excluding hydrogens is 293 g/mol. The molecule has 0 radical (unpaired) electrons. The van der Waals surface area contributed by atoms with Crippen LogP contribution in [0.4, 0.5) is 9.18 Å². The third-order valence-electron chi connectivity index (χ3n) is 3.85. The van der Waals surface area contributed by atoms with Crippen LogP contribution in [0.1, 0.15) is 40.2 Å². The second kappa shape index (κ2) is 6.94. The summed E-state index contributed by atoms with van der Waals surface area (Å²) in [6.07, 6.45) is 5.80. The van der Waals surface area contributed by atoms with Crippen molar-refractivity contribution in [1.29, 1.82) is 0 Å². The van der Waals surface area contributed by atoms with Crippen molar-refractivity contribution in [3.05, 3.63) is 41.9 Å². The maximum absolute atomic E-state index is 14.3. The summed E-state index contributed by atoms with van der Waals surface area (Å²) in [5.41, 5.74) is 1.05. The van der Waals surface area contributed by atoms with Gasteiger partial charge in [0.15, 0.2) is 0 Å². The van der Waals surface area contributed by atoms with Gasteiger partial charge in [0.05, 0.1) is 11.7 Å². The topological polar surface area (TPSA) is 38.1 Å². The summed E-state index contributed by atoms with van der Waals surface area (Å²) in [5.74, 6) is -0.314. The minimum Gasteiger partial charge on any atom is -0.318 e. The zero-order chi connectivity index (χ0) is 17.1. The number of carbonyl (C=O) groups excluding carboxylic acids is 1. The minimum absolute atomic E-state index is 0.0364. The molecule has 1 amide bonds. The molecule has 0 saturated carbocycles. The molecule has 2 rings (SSSR count). The summed E-state index contributed by atoms with van der Waals surface area (Å²) in [6.45, 7) is 9.74. The molecule has 4 nitrogen and oxygen atoms in total. The van der Waals surface area contributed by atoms with Gasteiger partial charge in [-0.2, -0.15) is 9.78 Å². The van der Waals surface area contributed by atoms with Crippen LogP contribution in [0.15, 0.2) is 30.5 Å². The van der Waals surface area contributed by atoms with Crippen molar-refractivity contribution in [2.75, 3.05) is 0 Å². The van der Waals surface area contributed by atoms with Crippen LogP contribution in [0.3, 0.4) is 0 Å². The Balaban J connectivity index is 2.61. The van der Waals surface area contributed by atoms with Gasteiger partial charge >= 0.3 is 6.03 Å². The molecule has 0 atom stereocenters. The molecule has 0 aliphatic carbocycles. The van der Waals surface area contributed by atoms with E-state index in [0.29, 0.717) is 17.5 Å². The third-order valence-corrected chi connectivity index (χ3v) is 3.85.